The summed E-state index contributed by atoms with van der Waals surface area (Å²) >= 11 is 5.45. The molecule has 1 aromatic rings. The van der Waals surface area contributed by atoms with E-state index in [1.807, 2.05) is 0 Å². The molecule has 0 radical (unpaired) electrons. The smallest absolute Gasteiger partial charge is 0.304 e. The van der Waals surface area contributed by atoms with E-state index in [9.17, 15) is 4.79 Å². The molecule has 13 heavy (non-hydrogen) atoms. The van der Waals surface area contributed by atoms with Crippen molar-refractivity contribution in [3.05, 3.63) is 11.7 Å². The lowest BCUT2D eigenvalue weighted by atomic mass is 10.1. The minimum Gasteiger partial charge on any atom is -0.481 e. The SMILES string of the molecule is CC(CC(=O)O)c1nc(CCl)no1. The number of aliphatic carboxylic acids is 1. The first-order valence-electron chi connectivity index (χ1n) is 3.73. The van der Waals surface area contributed by atoms with E-state index >= 15 is 0 Å². The third kappa shape index (κ3) is 2.69. The number of nitrogens with zero attached hydrogens (tertiary/aromatic N) is 2. The molecular weight excluding hydrogens is 196 g/mol. The number of aromatic nitrogens is 2. The van der Waals surface area contributed by atoms with Gasteiger partial charge in [-0.25, -0.2) is 0 Å². The molecular formula is C7H9ClN2O3. The van der Waals surface area contributed by atoms with Crippen LogP contribution in [-0.4, -0.2) is 21.2 Å². The van der Waals surface area contributed by atoms with E-state index in [0.717, 1.165) is 0 Å². The molecule has 1 N–H and O–H groups in total. The van der Waals surface area contributed by atoms with E-state index in [-0.39, 0.29) is 18.2 Å². The van der Waals surface area contributed by atoms with Gasteiger partial charge in [0.15, 0.2) is 5.82 Å². The van der Waals surface area contributed by atoms with Gasteiger partial charge in [-0.2, -0.15) is 4.98 Å². The van der Waals surface area contributed by atoms with Crippen LogP contribution in [0.5, 0.6) is 0 Å². The van der Waals surface area contributed by atoms with E-state index in [4.69, 9.17) is 21.2 Å². The second-order valence-corrected chi connectivity index (χ2v) is 2.95. The lowest BCUT2D eigenvalue weighted by Gasteiger charge is -1.99. The largest absolute Gasteiger partial charge is 0.481 e. The molecule has 1 aromatic heterocycles. The van der Waals surface area contributed by atoms with E-state index in [1.165, 1.54) is 0 Å². The van der Waals surface area contributed by atoms with Gasteiger partial charge in [-0.15, -0.1) is 11.6 Å². The summed E-state index contributed by atoms with van der Waals surface area (Å²) in [5, 5.41) is 12.0. The van der Waals surface area contributed by atoms with Gasteiger partial charge in [-0.1, -0.05) is 12.1 Å². The van der Waals surface area contributed by atoms with E-state index in [0.29, 0.717) is 11.7 Å². The van der Waals surface area contributed by atoms with Crippen molar-refractivity contribution in [1.29, 1.82) is 0 Å². The van der Waals surface area contributed by atoms with Crippen LogP contribution in [0.1, 0.15) is 31.0 Å². The molecule has 0 aliphatic carbocycles. The number of hydrogen-bond acceptors (Lipinski definition) is 4. The quantitative estimate of drug-likeness (QED) is 0.750. The Balaban J connectivity index is 2.65. The average Bonchev–Trinajstić information content (AvgIpc) is 2.50. The summed E-state index contributed by atoms with van der Waals surface area (Å²) in [4.78, 5) is 14.3. The zero-order valence-electron chi connectivity index (χ0n) is 7.03. The van der Waals surface area contributed by atoms with Crippen molar-refractivity contribution in [2.45, 2.75) is 25.1 Å². The van der Waals surface area contributed by atoms with Gasteiger partial charge in [0, 0.05) is 5.92 Å². The molecule has 1 unspecified atom stereocenters. The fourth-order valence-corrected chi connectivity index (χ4v) is 0.980. The summed E-state index contributed by atoms with van der Waals surface area (Å²) in [5.74, 6) is -0.296. The Morgan fingerprint density at radius 2 is 2.46 bits per heavy atom. The first-order valence-corrected chi connectivity index (χ1v) is 4.27. The molecule has 0 bridgehead atoms. The predicted octanol–water partition coefficient (Wildman–Crippen LogP) is 1.39. The summed E-state index contributed by atoms with van der Waals surface area (Å²) in [6.07, 6.45) is -0.0239. The minimum atomic E-state index is -0.891. The van der Waals surface area contributed by atoms with Crippen LogP contribution >= 0.6 is 11.6 Å². The average molecular weight is 205 g/mol. The molecule has 0 amide bonds. The molecule has 1 atom stereocenters. The van der Waals surface area contributed by atoms with Crippen molar-refractivity contribution in [3.8, 4) is 0 Å². The van der Waals surface area contributed by atoms with Crippen LogP contribution in [0.15, 0.2) is 4.52 Å². The number of hydrogen-bond donors (Lipinski definition) is 1. The summed E-state index contributed by atoms with van der Waals surface area (Å²) in [7, 11) is 0. The number of halogens is 1. The molecule has 1 heterocycles. The van der Waals surface area contributed by atoms with Crippen LogP contribution in [0.25, 0.3) is 0 Å². The van der Waals surface area contributed by atoms with Crippen molar-refractivity contribution >= 4 is 17.6 Å². The standard InChI is InChI=1S/C7H9ClN2O3/c1-4(2-6(11)12)7-9-5(3-8)10-13-7/h4H,2-3H2,1H3,(H,11,12). The van der Waals surface area contributed by atoms with Crippen molar-refractivity contribution in [2.24, 2.45) is 0 Å². The van der Waals surface area contributed by atoms with Gasteiger partial charge in [-0.05, 0) is 0 Å². The highest BCUT2D eigenvalue weighted by molar-refractivity contribution is 6.16. The number of carboxylic acids is 1. The third-order valence-corrected chi connectivity index (χ3v) is 1.74. The molecule has 6 heteroatoms. The summed E-state index contributed by atoms with van der Waals surface area (Å²) in [6, 6.07) is 0. The summed E-state index contributed by atoms with van der Waals surface area (Å²) < 4.78 is 4.81. The molecule has 0 aromatic carbocycles. The molecule has 0 spiro atoms. The van der Waals surface area contributed by atoms with Crippen LogP contribution in [0, 0.1) is 0 Å². The van der Waals surface area contributed by atoms with Crippen molar-refractivity contribution in [2.75, 3.05) is 0 Å². The van der Waals surface area contributed by atoms with Gasteiger partial charge in [-0.3, -0.25) is 4.79 Å². The molecule has 0 aliphatic rings. The van der Waals surface area contributed by atoms with Crippen molar-refractivity contribution in [1.82, 2.24) is 10.1 Å². The number of carbonyl (C=O) groups is 1. The second kappa shape index (κ2) is 4.23. The van der Waals surface area contributed by atoms with Crippen LogP contribution in [-0.2, 0) is 10.7 Å². The van der Waals surface area contributed by atoms with E-state index in [1.54, 1.807) is 6.92 Å². The Labute approximate surface area is 79.7 Å². The van der Waals surface area contributed by atoms with Gasteiger partial charge in [0.25, 0.3) is 0 Å². The van der Waals surface area contributed by atoms with Gasteiger partial charge in [0.1, 0.15) is 0 Å². The highest BCUT2D eigenvalue weighted by atomic mass is 35.5. The minimum absolute atomic E-state index is 0.0239. The van der Waals surface area contributed by atoms with Gasteiger partial charge >= 0.3 is 5.97 Å². The first-order chi connectivity index (χ1) is 6.13. The molecule has 72 valence electrons. The molecule has 1 rings (SSSR count). The van der Waals surface area contributed by atoms with Crippen LogP contribution in [0.4, 0.5) is 0 Å². The number of alkyl halides is 1. The maximum Gasteiger partial charge on any atom is 0.304 e. The molecule has 0 saturated heterocycles. The van der Waals surface area contributed by atoms with E-state index < -0.39 is 5.97 Å². The van der Waals surface area contributed by atoms with Crippen LogP contribution in [0.2, 0.25) is 0 Å². The zero-order valence-corrected chi connectivity index (χ0v) is 7.78. The monoisotopic (exact) mass is 204 g/mol. The third-order valence-electron chi connectivity index (χ3n) is 1.51. The Bertz CT molecular complexity index is 300. The predicted molar refractivity (Wildman–Crippen MR) is 44.5 cm³/mol. The zero-order chi connectivity index (χ0) is 9.84. The maximum atomic E-state index is 10.3. The summed E-state index contributed by atoms with van der Waals surface area (Å²) in [5.41, 5.74) is 0. The van der Waals surface area contributed by atoms with Gasteiger partial charge in [0.05, 0.1) is 12.3 Å². The Morgan fingerprint density at radius 1 is 1.77 bits per heavy atom. The normalized spacial score (nSPS) is 12.8. The Kier molecular flexibility index (Phi) is 3.25. The van der Waals surface area contributed by atoms with Gasteiger partial charge < -0.3 is 9.63 Å². The molecule has 5 nitrogen and oxygen atoms in total. The molecule has 0 saturated carbocycles. The van der Waals surface area contributed by atoms with Crippen molar-refractivity contribution < 1.29 is 14.4 Å². The number of carboxylic acid groups (broad SMARTS) is 1. The van der Waals surface area contributed by atoms with Crippen molar-refractivity contribution in [3.63, 3.8) is 0 Å². The van der Waals surface area contributed by atoms with Crippen LogP contribution in [0.3, 0.4) is 0 Å². The Hall–Kier alpha value is -1.10. The van der Waals surface area contributed by atoms with Gasteiger partial charge in [0.2, 0.25) is 5.89 Å². The Morgan fingerprint density at radius 3 is 2.92 bits per heavy atom. The lowest BCUT2D eigenvalue weighted by molar-refractivity contribution is -0.137. The summed E-state index contributed by atoms with van der Waals surface area (Å²) in [6.45, 7) is 1.71. The number of rotatable bonds is 4. The fourth-order valence-electron chi connectivity index (χ4n) is 0.871. The van der Waals surface area contributed by atoms with Crippen LogP contribution < -0.4 is 0 Å². The highest BCUT2D eigenvalue weighted by Gasteiger charge is 2.16. The fraction of sp³-hybridized carbons (Fsp3) is 0.571. The molecule has 0 fully saturated rings. The molecule has 0 aliphatic heterocycles. The topological polar surface area (TPSA) is 76.2 Å². The second-order valence-electron chi connectivity index (χ2n) is 2.68. The van der Waals surface area contributed by atoms with E-state index in [2.05, 4.69) is 10.1 Å². The highest BCUT2D eigenvalue weighted by Crippen LogP contribution is 2.16. The maximum absolute atomic E-state index is 10.3. The lowest BCUT2D eigenvalue weighted by Crippen LogP contribution is -2.03. The first kappa shape index (κ1) is 9.98.